The van der Waals surface area contributed by atoms with Crippen molar-refractivity contribution in [1.82, 2.24) is 25.2 Å². The first-order chi connectivity index (χ1) is 10.9. The maximum absolute atomic E-state index is 4.90. The van der Waals surface area contributed by atoms with Crippen LogP contribution in [0.5, 0.6) is 0 Å². The SMILES string of the molecule is c1cnc2c(c1)nc(CC1CCNCC1)n2CC1CCCN1. The molecule has 0 spiro atoms. The molecule has 2 aliphatic rings. The zero-order chi connectivity index (χ0) is 14.8. The van der Waals surface area contributed by atoms with Crippen LogP contribution < -0.4 is 10.6 Å². The van der Waals surface area contributed by atoms with Gasteiger partial charge in [-0.2, -0.15) is 0 Å². The number of hydrogen-bond acceptors (Lipinski definition) is 4. The Hall–Kier alpha value is -1.46. The molecule has 0 radical (unpaired) electrons. The molecule has 22 heavy (non-hydrogen) atoms. The number of hydrogen-bond donors (Lipinski definition) is 2. The maximum Gasteiger partial charge on any atom is 0.160 e. The van der Waals surface area contributed by atoms with E-state index >= 15 is 0 Å². The summed E-state index contributed by atoms with van der Waals surface area (Å²) in [7, 11) is 0. The van der Waals surface area contributed by atoms with E-state index in [4.69, 9.17) is 4.98 Å². The van der Waals surface area contributed by atoms with Gasteiger partial charge in [-0.1, -0.05) is 0 Å². The summed E-state index contributed by atoms with van der Waals surface area (Å²) >= 11 is 0. The van der Waals surface area contributed by atoms with Crippen molar-refractivity contribution in [3.8, 4) is 0 Å². The van der Waals surface area contributed by atoms with Gasteiger partial charge in [-0.25, -0.2) is 9.97 Å². The lowest BCUT2D eigenvalue weighted by Crippen LogP contribution is -2.30. The number of pyridine rings is 1. The fourth-order valence-corrected chi connectivity index (χ4v) is 3.83. The van der Waals surface area contributed by atoms with E-state index in [0.29, 0.717) is 6.04 Å². The monoisotopic (exact) mass is 299 g/mol. The average Bonchev–Trinajstić information content (AvgIpc) is 3.18. The minimum absolute atomic E-state index is 0.575. The molecule has 1 atom stereocenters. The highest BCUT2D eigenvalue weighted by Gasteiger charge is 2.22. The number of nitrogens with zero attached hydrogens (tertiary/aromatic N) is 3. The maximum atomic E-state index is 4.90. The summed E-state index contributed by atoms with van der Waals surface area (Å²) in [6.07, 6.45) is 8.05. The zero-order valence-electron chi connectivity index (χ0n) is 13.1. The fourth-order valence-electron chi connectivity index (χ4n) is 3.83. The molecule has 2 aromatic heterocycles. The summed E-state index contributed by atoms with van der Waals surface area (Å²) in [6, 6.07) is 4.65. The van der Waals surface area contributed by atoms with Crippen molar-refractivity contribution >= 4 is 11.2 Å². The zero-order valence-corrected chi connectivity index (χ0v) is 13.1. The first-order valence-electron chi connectivity index (χ1n) is 8.64. The van der Waals surface area contributed by atoms with Gasteiger partial charge in [0.2, 0.25) is 0 Å². The number of rotatable bonds is 4. The molecule has 0 amide bonds. The van der Waals surface area contributed by atoms with Crippen LogP contribution >= 0.6 is 0 Å². The summed E-state index contributed by atoms with van der Waals surface area (Å²) in [6.45, 7) is 4.45. The van der Waals surface area contributed by atoms with Crippen molar-refractivity contribution in [2.24, 2.45) is 5.92 Å². The number of aromatic nitrogens is 3. The highest BCUT2D eigenvalue weighted by Crippen LogP contribution is 2.22. The van der Waals surface area contributed by atoms with Crippen molar-refractivity contribution in [2.45, 2.75) is 44.7 Å². The Morgan fingerprint density at radius 3 is 2.91 bits per heavy atom. The molecule has 2 aliphatic heterocycles. The largest absolute Gasteiger partial charge is 0.317 e. The van der Waals surface area contributed by atoms with Crippen LogP contribution in [0, 0.1) is 5.92 Å². The van der Waals surface area contributed by atoms with Gasteiger partial charge < -0.3 is 15.2 Å². The van der Waals surface area contributed by atoms with Crippen LogP contribution in [-0.2, 0) is 13.0 Å². The molecule has 2 aromatic rings. The fraction of sp³-hybridized carbons (Fsp3) is 0.647. The molecule has 4 rings (SSSR count). The molecule has 0 saturated carbocycles. The van der Waals surface area contributed by atoms with Crippen LogP contribution in [0.4, 0.5) is 0 Å². The molecular weight excluding hydrogens is 274 g/mol. The second kappa shape index (κ2) is 6.34. The van der Waals surface area contributed by atoms with Gasteiger partial charge in [0.05, 0.1) is 0 Å². The first-order valence-corrected chi connectivity index (χ1v) is 8.64. The molecule has 118 valence electrons. The predicted molar refractivity (Wildman–Crippen MR) is 87.9 cm³/mol. The van der Waals surface area contributed by atoms with Gasteiger partial charge in [0.1, 0.15) is 11.3 Å². The van der Waals surface area contributed by atoms with Gasteiger partial charge in [-0.05, 0) is 63.4 Å². The Kier molecular flexibility index (Phi) is 4.08. The molecule has 5 heteroatoms. The van der Waals surface area contributed by atoms with Gasteiger partial charge in [0.15, 0.2) is 5.65 Å². The van der Waals surface area contributed by atoms with Gasteiger partial charge >= 0.3 is 0 Å². The van der Waals surface area contributed by atoms with Gasteiger partial charge in [0, 0.05) is 25.2 Å². The van der Waals surface area contributed by atoms with Crippen molar-refractivity contribution in [2.75, 3.05) is 19.6 Å². The van der Waals surface area contributed by atoms with Gasteiger partial charge in [-0.3, -0.25) is 0 Å². The lowest BCUT2D eigenvalue weighted by Gasteiger charge is -2.23. The van der Waals surface area contributed by atoms with Gasteiger partial charge in [0.25, 0.3) is 0 Å². The van der Waals surface area contributed by atoms with E-state index in [1.165, 1.54) is 31.5 Å². The summed E-state index contributed by atoms with van der Waals surface area (Å²) in [5.74, 6) is 1.99. The van der Waals surface area contributed by atoms with E-state index in [9.17, 15) is 0 Å². The van der Waals surface area contributed by atoms with E-state index in [0.717, 1.165) is 49.7 Å². The number of piperidine rings is 1. The molecule has 0 bridgehead atoms. The van der Waals surface area contributed by atoms with Crippen molar-refractivity contribution in [3.05, 3.63) is 24.2 Å². The number of fused-ring (bicyclic) bond motifs is 1. The predicted octanol–water partition coefficient (Wildman–Crippen LogP) is 1.73. The van der Waals surface area contributed by atoms with Crippen LogP contribution in [-0.4, -0.2) is 40.2 Å². The average molecular weight is 299 g/mol. The quantitative estimate of drug-likeness (QED) is 0.903. The van der Waals surface area contributed by atoms with Crippen LogP contribution in [0.2, 0.25) is 0 Å². The standard InChI is InChI=1S/C17H25N5/c1-3-14(19-7-1)12-22-16(11-13-5-9-18-10-6-13)21-15-4-2-8-20-17(15)22/h2,4,8,13-14,18-19H,1,3,5-7,9-12H2. The summed E-state index contributed by atoms with van der Waals surface area (Å²) in [4.78, 5) is 9.50. The third-order valence-electron chi connectivity index (χ3n) is 5.08. The highest BCUT2D eigenvalue weighted by atomic mass is 15.2. The smallest absolute Gasteiger partial charge is 0.160 e. The summed E-state index contributed by atoms with van der Waals surface area (Å²) < 4.78 is 2.38. The molecule has 2 saturated heterocycles. The van der Waals surface area contributed by atoms with Crippen molar-refractivity contribution in [3.63, 3.8) is 0 Å². The minimum atomic E-state index is 0.575. The second-order valence-electron chi connectivity index (χ2n) is 6.68. The molecule has 2 fully saturated rings. The molecule has 0 aliphatic carbocycles. The second-order valence-corrected chi connectivity index (χ2v) is 6.68. The molecule has 0 aromatic carbocycles. The van der Waals surface area contributed by atoms with Crippen LogP contribution in [0.1, 0.15) is 31.5 Å². The van der Waals surface area contributed by atoms with Crippen LogP contribution in [0.3, 0.4) is 0 Å². The molecule has 4 heterocycles. The highest BCUT2D eigenvalue weighted by molar-refractivity contribution is 5.71. The number of imidazole rings is 1. The van der Waals surface area contributed by atoms with Crippen molar-refractivity contribution < 1.29 is 0 Å². The Labute approximate surface area is 131 Å². The van der Waals surface area contributed by atoms with Crippen LogP contribution in [0.25, 0.3) is 11.2 Å². The van der Waals surface area contributed by atoms with Crippen molar-refractivity contribution in [1.29, 1.82) is 0 Å². The molecule has 5 nitrogen and oxygen atoms in total. The van der Waals surface area contributed by atoms with E-state index in [1.807, 2.05) is 12.3 Å². The number of nitrogens with one attached hydrogen (secondary N) is 2. The summed E-state index contributed by atoms with van der Waals surface area (Å²) in [5.41, 5.74) is 2.10. The molecular formula is C17H25N5. The topological polar surface area (TPSA) is 54.8 Å². The van der Waals surface area contributed by atoms with Gasteiger partial charge in [-0.15, -0.1) is 0 Å². The first kappa shape index (κ1) is 14.2. The Balaban J connectivity index is 1.62. The third kappa shape index (κ3) is 2.88. The minimum Gasteiger partial charge on any atom is -0.317 e. The normalized spacial score (nSPS) is 23.4. The van der Waals surface area contributed by atoms with E-state index in [2.05, 4.69) is 26.3 Å². The Morgan fingerprint density at radius 2 is 2.09 bits per heavy atom. The lowest BCUT2D eigenvalue weighted by atomic mass is 9.94. The lowest BCUT2D eigenvalue weighted by molar-refractivity contribution is 0.360. The third-order valence-corrected chi connectivity index (χ3v) is 5.08. The Morgan fingerprint density at radius 1 is 1.18 bits per heavy atom. The van der Waals surface area contributed by atoms with Crippen LogP contribution in [0.15, 0.2) is 18.3 Å². The van der Waals surface area contributed by atoms with E-state index in [-0.39, 0.29) is 0 Å². The summed E-state index contributed by atoms with van der Waals surface area (Å²) in [5, 5.41) is 7.05. The van der Waals surface area contributed by atoms with E-state index < -0.39 is 0 Å². The molecule has 1 unspecified atom stereocenters. The Bertz CT molecular complexity index is 623. The molecule has 2 N–H and O–H groups in total. The van der Waals surface area contributed by atoms with E-state index in [1.54, 1.807) is 0 Å².